The Bertz CT molecular complexity index is 515. The third kappa shape index (κ3) is 2.69. The van der Waals surface area contributed by atoms with Crippen LogP contribution in [0.5, 0.6) is 0 Å². The van der Waals surface area contributed by atoms with Gasteiger partial charge in [-0.1, -0.05) is 11.6 Å². The maximum atomic E-state index is 12.3. The monoisotopic (exact) mass is 292 g/mol. The van der Waals surface area contributed by atoms with E-state index in [1.165, 1.54) is 10.9 Å². The van der Waals surface area contributed by atoms with E-state index in [2.05, 4.69) is 15.1 Å². The summed E-state index contributed by atoms with van der Waals surface area (Å²) in [6.45, 7) is 3.52. The molecule has 0 amide bonds. The lowest BCUT2D eigenvalue weighted by atomic mass is 9.92. The number of nitrogens with one attached hydrogen (secondary N) is 2. The van der Waals surface area contributed by atoms with Gasteiger partial charge in [-0.3, -0.25) is 4.68 Å². The Balaban J connectivity index is 2.27. The summed E-state index contributed by atoms with van der Waals surface area (Å²) in [5, 5.41) is 7.21. The summed E-state index contributed by atoms with van der Waals surface area (Å²) in [6.07, 6.45) is 2.84. The van der Waals surface area contributed by atoms with Gasteiger partial charge in [0.05, 0.1) is 11.2 Å². The molecule has 2 N–H and O–H groups in total. The minimum Gasteiger partial charge on any atom is -0.317 e. The summed E-state index contributed by atoms with van der Waals surface area (Å²) >= 11 is 5.88. The van der Waals surface area contributed by atoms with Crippen LogP contribution >= 0.6 is 11.6 Å². The average Bonchev–Trinajstić information content (AvgIpc) is 2.58. The van der Waals surface area contributed by atoms with Crippen molar-refractivity contribution >= 4 is 21.6 Å². The molecule has 0 unspecified atom stereocenters. The van der Waals surface area contributed by atoms with E-state index >= 15 is 0 Å². The first-order valence-corrected chi connectivity index (χ1v) is 7.62. The zero-order valence-corrected chi connectivity index (χ0v) is 12.0. The van der Waals surface area contributed by atoms with Gasteiger partial charge in [0, 0.05) is 12.6 Å². The maximum Gasteiger partial charge on any atom is 0.259 e. The average molecular weight is 293 g/mol. The van der Waals surface area contributed by atoms with Crippen LogP contribution in [0.3, 0.4) is 0 Å². The molecule has 1 aliphatic heterocycles. The van der Waals surface area contributed by atoms with Crippen LogP contribution in [0, 0.1) is 0 Å². The Morgan fingerprint density at radius 1 is 1.50 bits per heavy atom. The van der Waals surface area contributed by atoms with Crippen molar-refractivity contribution in [1.29, 1.82) is 0 Å². The van der Waals surface area contributed by atoms with Crippen molar-refractivity contribution in [3.8, 4) is 0 Å². The highest BCUT2D eigenvalue weighted by Gasteiger charge is 2.34. The molecule has 1 aromatic rings. The fraction of sp³-hybridized carbons (Fsp3) is 0.700. The van der Waals surface area contributed by atoms with Crippen molar-refractivity contribution in [2.45, 2.75) is 30.3 Å². The van der Waals surface area contributed by atoms with E-state index in [-0.39, 0.29) is 10.0 Å². The Labute approximate surface area is 112 Å². The zero-order chi connectivity index (χ0) is 13.4. The third-order valence-electron chi connectivity index (χ3n) is 3.18. The van der Waals surface area contributed by atoms with Crippen LogP contribution in [0.15, 0.2) is 11.2 Å². The quantitative estimate of drug-likeness (QED) is 0.850. The van der Waals surface area contributed by atoms with Crippen molar-refractivity contribution in [2.75, 3.05) is 13.1 Å². The molecular weight excluding hydrogens is 276 g/mol. The minimum absolute atomic E-state index is 0.0175. The molecule has 8 heteroatoms. The van der Waals surface area contributed by atoms with Crippen LogP contribution in [0.2, 0.25) is 5.02 Å². The van der Waals surface area contributed by atoms with Gasteiger partial charge in [-0.2, -0.15) is 5.10 Å². The molecule has 1 aromatic heterocycles. The molecule has 2 rings (SSSR count). The Morgan fingerprint density at radius 2 is 2.11 bits per heavy atom. The molecule has 0 bridgehead atoms. The summed E-state index contributed by atoms with van der Waals surface area (Å²) in [5.41, 5.74) is -0.433. The van der Waals surface area contributed by atoms with Crippen molar-refractivity contribution < 1.29 is 8.42 Å². The highest BCUT2D eigenvalue weighted by Crippen LogP contribution is 2.24. The van der Waals surface area contributed by atoms with Gasteiger partial charge in [0.2, 0.25) is 0 Å². The van der Waals surface area contributed by atoms with Gasteiger partial charge >= 0.3 is 0 Å². The molecule has 1 aliphatic rings. The van der Waals surface area contributed by atoms with Crippen molar-refractivity contribution in [3.05, 3.63) is 11.2 Å². The molecule has 0 saturated carbocycles. The molecule has 0 aromatic carbocycles. The molecule has 6 nitrogen and oxygen atoms in total. The first-order chi connectivity index (χ1) is 8.34. The summed E-state index contributed by atoms with van der Waals surface area (Å²) in [7, 11) is -2.08. The second-order valence-electron chi connectivity index (χ2n) is 4.84. The fourth-order valence-electron chi connectivity index (χ4n) is 2.16. The van der Waals surface area contributed by atoms with Crippen LogP contribution in [0.25, 0.3) is 0 Å². The molecule has 0 atom stereocenters. The van der Waals surface area contributed by atoms with Crippen LogP contribution in [-0.2, 0) is 17.1 Å². The van der Waals surface area contributed by atoms with Gasteiger partial charge in [0.1, 0.15) is 0 Å². The standard InChI is InChI=1S/C10H17ClN4O2S/c1-10(3-5-12-6-4-10)14-18(16,17)9-8(11)7-13-15(9)2/h7,12,14H,3-6H2,1-2H3. The van der Waals surface area contributed by atoms with E-state index in [9.17, 15) is 8.42 Å². The normalized spacial score (nSPS) is 19.9. The van der Waals surface area contributed by atoms with Gasteiger partial charge in [-0.25, -0.2) is 13.1 Å². The molecule has 0 radical (unpaired) electrons. The van der Waals surface area contributed by atoms with Crippen LogP contribution in [0.1, 0.15) is 19.8 Å². The molecule has 1 saturated heterocycles. The number of sulfonamides is 1. The molecule has 1 fully saturated rings. The van der Waals surface area contributed by atoms with E-state index in [0.717, 1.165) is 25.9 Å². The Kier molecular flexibility index (Phi) is 3.68. The Morgan fingerprint density at radius 3 is 2.61 bits per heavy atom. The van der Waals surface area contributed by atoms with E-state index < -0.39 is 15.6 Å². The number of aromatic nitrogens is 2. The molecule has 18 heavy (non-hydrogen) atoms. The second kappa shape index (κ2) is 4.80. The number of aryl methyl sites for hydroxylation is 1. The number of hydrogen-bond acceptors (Lipinski definition) is 4. The van der Waals surface area contributed by atoms with E-state index in [4.69, 9.17) is 11.6 Å². The maximum absolute atomic E-state index is 12.3. The number of hydrogen-bond donors (Lipinski definition) is 2. The number of halogens is 1. The van der Waals surface area contributed by atoms with Crippen LogP contribution in [0.4, 0.5) is 0 Å². The highest BCUT2D eigenvalue weighted by molar-refractivity contribution is 7.89. The minimum atomic E-state index is -3.65. The van der Waals surface area contributed by atoms with Gasteiger partial charge < -0.3 is 5.32 Å². The first-order valence-electron chi connectivity index (χ1n) is 5.76. The van der Waals surface area contributed by atoms with E-state index in [1.807, 2.05) is 6.92 Å². The number of piperidine rings is 1. The van der Waals surface area contributed by atoms with E-state index in [0.29, 0.717) is 0 Å². The third-order valence-corrected chi connectivity index (χ3v) is 5.33. The molecule has 2 heterocycles. The lowest BCUT2D eigenvalue weighted by Crippen LogP contribution is -2.52. The number of rotatable bonds is 3. The van der Waals surface area contributed by atoms with Crippen molar-refractivity contribution in [3.63, 3.8) is 0 Å². The van der Waals surface area contributed by atoms with Crippen molar-refractivity contribution in [1.82, 2.24) is 19.8 Å². The van der Waals surface area contributed by atoms with Gasteiger partial charge in [0.15, 0.2) is 5.03 Å². The molecular formula is C10H17ClN4O2S. The molecule has 0 aliphatic carbocycles. The Hall–Kier alpha value is -0.630. The predicted octanol–water partition coefficient (Wildman–Crippen LogP) is 0.494. The van der Waals surface area contributed by atoms with Crippen molar-refractivity contribution in [2.24, 2.45) is 7.05 Å². The highest BCUT2D eigenvalue weighted by atomic mass is 35.5. The lowest BCUT2D eigenvalue weighted by Gasteiger charge is -2.34. The summed E-state index contributed by atoms with van der Waals surface area (Å²) in [6, 6.07) is 0. The van der Waals surface area contributed by atoms with Gasteiger partial charge in [0.25, 0.3) is 10.0 Å². The lowest BCUT2D eigenvalue weighted by molar-refractivity contribution is 0.307. The van der Waals surface area contributed by atoms with Crippen LogP contribution in [-0.4, -0.2) is 36.8 Å². The first kappa shape index (κ1) is 13.8. The molecule has 0 spiro atoms. The largest absolute Gasteiger partial charge is 0.317 e. The summed E-state index contributed by atoms with van der Waals surface area (Å²) in [5.74, 6) is 0. The van der Waals surface area contributed by atoms with Gasteiger partial charge in [-0.05, 0) is 32.9 Å². The summed E-state index contributed by atoms with van der Waals surface area (Å²) in [4.78, 5) is 0. The number of nitrogens with zero attached hydrogens (tertiary/aromatic N) is 2. The van der Waals surface area contributed by atoms with Crippen LogP contribution < -0.4 is 10.0 Å². The second-order valence-corrected chi connectivity index (χ2v) is 6.84. The fourth-order valence-corrected chi connectivity index (χ4v) is 4.28. The SMILES string of the molecule is Cn1ncc(Cl)c1S(=O)(=O)NC1(C)CCNCC1. The zero-order valence-electron chi connectivity index (χ0n) is 10.4. The molecule has 102 valence electrons. The smallest absolute Gasteiger partial charge is 0.259 e. The summed E-state index contributed by atoms with van der Waals surface area (Å²) < 4.78 is 28.7. The van der Waals surface area contributed by atoms with E-state index in [1.54, 1.807) is 7.05 Å². The van der Waals surface area contributed by atoms with Gasteiger partial charge in [-0.15, -0.1) is 0 Å². The predicted molar refractivity (Wildman–Crippen MR) is 69.0 cm³/mol. The topological polar surface area (TPSA) is 76.0 Å².